The molecule has 126 valence electrons. The van der Waals surface area contributed by atoms with Crippen molar-refractivity contribution in [3.8, 4) is 11.5 Å². The highest BCUT2D eigenvalue weighted by molar-refractivity contribution is 6.39. The number of nitrogens with zero attached hydrogens (tertiary/aromatic N) is 1. The van der Waals surface area contributed by atoms with E-state index in [2.05, 4.69) is 5.32 Å². The number of hydrogen-bond acceptors (Lipinski definition) is 3. The van der Waals surface area contributed by atoms with Gasteiger partial charge in [-0.1, -0.05) is 43.7 Å². The molecule has 0 aliphatic rings. The van der Waals surface area contributed by atoms with Gasteiger partial charge in [-0.05, 0) is 30.7 Å². The minimum Gasteiger partial charge on any atom is -0.455 e. The maximum absolute atomic E-state index is 12.2. The lowest BCUT2D eigenvalue weighted by Crippen LogP contribution is -2.37. The maximum atomic E-state index is 12.2. The second kappa shape index (κ2) is 8.72. The fourth-order valence-corrected chi connectivity index (χ4v) is 2.12. The molecular formula is C19H22N2O3. The Hall–Kier alpha value is -2.82. The van der Waals surface area contributed by atoms with Gasteiger partial charge in [-0.15, -0.1) is 0 Å². The summed E-state index contributed by atoms with van der Waals surface area (Å²) in [5, 5.41) is 2.63. The van der Waals surface area contributed by atoms with Crippen molar-refractivity contribution in [1.29, 1.82) is 0 Å². The molecule has 5 nitrogen and oxygen atoms in total. The summed E-state index contributed by atoms with van der Waals surface area (Å²) in [6, 6.07) is 16.3. The van der Waals surface area contributed by atoms with Crippen molar-refractivity contribution >= 4 is 17.5 Å². The molecule has 0 saturated heterocycles. The van der Waals surface area contributed by atoms with E-state index >= 15 is 0 Å². The quantitative estimate of drug-likeness (QED) is 0.824. The molecule has 2 amide bonds. The molecule has 0 aromatic heterocycles. The molecular weight excluding hydrogens is 304 g/mol. The highest BCUT2D eigenvalue weighted by Crippen LogP contribution is 2.29. The van der Waals surface area contributed by atoms with Crippen molar-refractivity contribution in [2.45, 2.75) is 19.8 Å². The fourth-order valence-electron chi connectivity index (χ4n) is 2.12. The number of benzene rings is 2. The summed E-state index contributed by atoms with van der Waals surface area (Å²) in [6.07, 6.45) is 1.83. The minimum atomic E-state index is -0.669. The Morgan fingerprint density at radius 1 is 1.04 bits per heavy atom. The second-order valence-corrected chi connectivity index (χ2v) is 5.45. The molecule has 0 fully saturated rings. The molecule has 0 heterocycles. The molecule has 0 radical (unpaired) electrons. The first-order valence-electron chi connectivity index (χ1n) is 8.00. The molecule has 5 heteroatoms. The predicted molar refractivity (Wildman–Crippen MR) is 94.1 cm³/mol. The van der Waals surface area contributed by atoms with E-state index in [1.54, 1.807) is 25.2 Å². The molecule has 0 unspecified atom stereocenters. The summed E-state index contributed by atoms with van der Waals surface area (Å²) in [5.41, 5.74) is 0.462. The van der Waals surface area contributed by atoms with Gasteiger partial charge >= 0.3 is 11.8 Å². The lowest BCUT2D eigenvalue weighted by Gasteiger charge is -2.17. The largest absolute Gasteiger partial charge is 0.455 e. The van der Waals surface area contributed by atoms with Crippen LogP contribution in [0.3, 0.4) is 0 Å². The highest BCUT2D eigenvalue weighted by Gasteiger charge is 2.19. The van der Waals surface area contributed by atoms with E-state index in [9.17, 15) is 9.59 Å². The van der Waals surface area contributed by atoms with Crippen molar-refractivity contribution in [2.75, 3.05) is 18.9 Å². The molecule has 0 aliphatic carbocycles. The van der Waals surface area contributed by atoms with Crippen LogP contribution >= 0.6 is 0 Å². The number of ether oxygens (including phenoxy) is 1. The number of nitrogens with one attached hydrogen (secondary N) is 1. The Bertz CT molecular complexity index is 686. The second-order valence-electron chi connectivity index (χ2n) is 5.45. The summed E-state index contributed by atoms with van der Waals surface area (Å²) in [6.45, 7) is 2.60. The Morgan fingerprint density at radius 3 is 2.42 bits per heavy atom. The van der Waals surface area contributed by atoms with Gasteiger partial charge in [-0.2, -0.15) is 0 Å². The van der Waals surface area contributed by atoms with E-state index in [1.165, 1.54) is 4.90 Å². The SMILES string of the molecule is CCCCN(C)C(=O)C(=O)Nc1ccccc1Oc1ccccc1. The van der Waals surface area contributed by atoms with E-state index in [1.807, 2.05) is 43.3 Å². The number of para-hydroxylation sites is 3. The van der Waals surface area contributed by atoms with Gasteiger partial charge < -0.3 is 15.0 Å². The van der Waals surface area contributed by atoms with Gasteiger partial charge in [0.1, 0.15) is 5.75 Å². The number of unbranched alkanes of at least 4 members (excludes halogenated alkanes) is 1. The van der Waals surface area contributed by atoms with Gasteiger partial charge in [0.15, 0.2) is 5.75 Å². The van der Waals surface area contributed by atoms with Crippen LogP contribution in [-0.2, 0) is 9.59 Å². The summed E-state index contributed by atoms with van der Waals surface area (Å²) in [5.74, 6) is -0.0812. The zero-order valence-electron chi connectivity index (χ0n) is 14.0. The van der Waals surface area contributed by atoms with E-state index in [0.29, 0.717) is 23.7 Å². The zero-order chi connectivity index (χ0) is 17.4. The van der Waals surface area contributed by atoms with Crippen molar-refractivity contribution in [3.63, 3.8) is 0 Å². The standard InChI is InChI=1S/C19H22N2O3/c1-3-4-14-21(2)19(23)18(22)20-16-12-8-9-13-17(16)24-15-10-6-5-7-11-15/h5-13H,3-4,14H2,1-2H3,(H,20,22). The molecule has 1 N–H and O–H groups in total. The summed E-state index contributed by atoms with van der Waals surface area (Å²) in [4.78, 5) is 25.7. The van der Waals surface area contributed by atoms with E-state index < -0.39 is 11.8 Å². The number of carbonyl (C=O) groups excluding carboxylic acids is 2. The van der Waals surface area contributed by atoms with Crippen molar-refractivity contribution in [1.82, 2.24) is 4.90 Å². The predicted octanol–water partition coefficient (Wildman–Crippen LogP) is 3.68. The van der Waals surface area contributed by atoms with Crippen LogP contribution in [0.2, 0.25) is 0 Å². The summed E-state index contributed by atoms with van der Waals surface area (Å²) >= 11 is 0. The average molecular weight is 326 g/mol. The number of rotatable bonds is 6. The van der Waals surface area contributed by atoms with Gasteiger partial charge in [-0.25, -0.2) is 0 Å². The normalized spacial score (nSPS) is 10.1. The first kappa shape index (κ1) is 17.5. The van der Waals surface area contributed by atoms with Crippen LogP contribution in [0.4, 0.5) is 5.69 Å². The molecule has 2 rings (SSSR count). The van der Waals surface area contributed by atoms with Crippen LogP contribution in [0, 0.1) is 0 Å². The first-order valence-corrected chi connectivity index (χ1v) is 8.00. The van der Waals surface area contributed by atoms with Crippen LogP contribution in [0.5, 0.6) is 11.5 Å². The number of carbonyl (C=O) groups is 2. The fraction of sp³-hybridized carbons (Fsp3) is 0.263. The Balaban J connectivity index is 2.07. The molecule has 24 heavy (non-hydrogen) atoms. The molecule has 0 saturated carbocycles. The Morgan fingerprint density at radius 2 is 1.71 bits per heavy atom. The van der Waals surface area contributed by atoms with Crippen LogP contribution < -0.4 is 10.1 Å². The number of amides is 2. The lowest BCUT2D eigenvalue weighted by molar-refractivity contribution is -0.142. The zero-order valence-corrected chi connectivity index (χ0v) is 14.0. The van der Waals surface area contributed by atoms with Crippen LogP contribution in [0.1, 0.15) is 19.8 Å². The molecule has 0 spiro atoms. The van der Waals surface area contributed by atoms with Gasteiger partial charge in [0.2, 0.25) is 0 Å². The van der Waals surface area contributed by atoms with Crippen LogP contribution in [0.15, 0.2) is 54.6 Å². The monoisotopic (exact) mass is 326 g/mol. The van der Waals surface area contributed by atoms with Gasteiger partial charge in [0, 0.05) is 13.6 Å². The summed E-state index contributed by atoms with van der Waals surface area (Å²) in [7, 11) is 1.63. The van der Waals surface area contributed by atoms with Crippen molar-refractivity contribution in [3.05, 3.63) is 54.6 Å². The minimum absolute atomic E-state index is 0.462. The molecule has 0 aliphatic heterocycles. The smallest absolute Gasteiger partial charge is 0.313 e. The maximum Gasteiger partial charge on any atom is 0.313 e. The third-order valence-electron chi connectivity index (χ3n) is 3.49. The first-order chi connectivity index (χ1) is 11.6. The average Bonchev–Trinajstić information content (AvgIpc) is 2.61. The van der Waals surface area contributed by atoms with Gasteiger partial charge in [0.05, 0.1) is 5.69 Å². The van der Waals surface area contributed by atoms with E-state index in [4.69, 9.17) is 4.74 Å². The highest BCUT2D eigenvalue weighted by atomic mass is 16.5. The molecule has 2 aromatic rings. The third-order valence-corrected chi connectivity index (χ3v) is 3.49. The topological polar surface area (TPSA) is 58.6 Å². The van der Waals surface area contributed by atoms with Gasteiger partial charge in [-0.3, -0.25) is 9.59 Å². The van der Waals surface area contributed by atoms with Crippen molar-refractivity contribution < 1.29 is 14.3 Å². The van der Waals surface area contributed by atoms with Crippen LogP contribution in [-0.4, -0.2) is 30.3 Å². The molecule has 0 bridgehead atoms. The molecule has 0 atom stereocenters. The lowest BCUT2D eigenvalue weighted by atomic mass is 10.2. The number of anilines is 1. The number of likely N-dealkylation sites (N-methyl/N-ethyl adjacent to an activating group) is 1. The Kier molecular flexibility index (Phi) is 6.37. The molecule has 2 aromatic carbocycles. The van der Waals surface area contributed by atoms with E-state index in [-0.39, 0.29) is 0 Å². The van der Waals surface area contributed by atoms with Crippen LogP contribution in [0.25, 0.3) is 0 Å². The van der Waals surface area contributed by atoms with E-state index in [0.717, 1.165) is 12.8 Å². The van der Waals surface area contributed by atoms with Gasteiger partial charge in [0.25, 0.3) is 0 Å². The van der Waals surface area contributed by atoms with Crippen molar-refractivity contribution in [2.24, 2.45) is 0 Å². The Labute approximate surface area is 142 Å². The number of hydrogen-bond donors (Lipinski definition) is 1. The summed E-state index contributed by atoms with van der Waals surface area (Å²) < 4.78 is 5.78. The third kappa shape index (κ3) is 4.84.